The summed E-state index contributed by atoms with van der Waals surface area (Å²) in [6.45, 7) is 1.43. The van der Waals surface area contributed by atoms with Crippen LogP contribution >= 0.6 is 0 Å². The van der Waals surface area contributed by atoms with Crippen LogP contribution in [0.2, 0.25) is 0 Å². The predicted octanol–water partition coefficient (Wildman–Crippen LogP) is -0.0684. The Morgan fingerprint density at radius 1 is 1.67 bits per heavy atom. The first kappa shape index (κ1) is 11.2. The van der Waals surface area contributed by atoms with E-state index < -0.39 is 12.0 Å². The molecule has 0 aliphatic carbocycles. The van der Waals surface area contributed by atoms with Crippen molar-refractivity contribution in [3.8, 4) is 0 Å². The van der Waals surface area contributed by atoms with Gasteiger partial charge in [-0.1, -0.05) is 0 Å². The zero-order valence-corrected chi connectivity index (χ0v) is 8.36. The number of carbonyl (C=O) groups is 2. The number of nitrogens with one attached hydrogen (secondary N) is 2. The summed E-state index contributed by atoms with van der Waals surface area (Å²) < 4.78 is 0. The molecule has 82 valence electrons. The molecule has 0 unspecified atom stereocenters. The first-order valence-corrected chi connectivity index (χ1v) is 4.59. The number of aromatic nitrogens is 2. The molecule has 0 bridgehead atoms. The van der Waals surface area contributed by atoms with Crippen LogP contribution in [-0.4, -0.2) is 33.0 Å². The van der Waals surface area contributed by atoms with Crippen molar-refractivity contribution < 1.29 is 14.7 Å². The Bertz CT molecular complexity index is 334. The van der Waals surface area contributed by atoms with E-state index in [1.165, 1.54) is 13.3 Å². The van der Waals surface area contributed by atoms with E-state index in [1.54, 1.807) is 6.20 Å². The van der Waals surface area contributed by atoms with Gasteiger partial charge in [0, 0.05) is 18.3 Å². The standard InChI is InChI=1S/C9H13N3O3/c1-6(9(14)15)12-8(13)3-2-7-4-10-5-11-7/h4-6H,2-3H2,1H3,(H,10,11)(H,12,13)(H,14,15)/t6-/m0/s1. The van der Waals surface area contributed by atoms with Crippen LogP contribution in [0.1, 0.15) is 19.0 Å². The van der Waals surface area contributed by atoms with Gasteiger partial charge >= 0.3 is 5.97 Å². The Morgan fingerprint density at radius 3 is 2.93 bits per heavy atom. The Morgan fingerprint density at radius 2 is 2.40 bits per heavy atom. The Kier molecular flexibility index (Phi) is 3.84. The van der Waals surface area contributed by atoms with Gasteiger partial charge in [0.05, 0.1) is 6.33 Å². The van der Waals surface area contributed by atoms with Crippen LogP contribution in [0.5, 0.6) is 0 Å². The fourth-order valence-electron chi connectivity index (χ4n) is 1.04. The molecule has 1 heterocycles. The van der Waals surface area contributed by atoms with Gasteiger partial charge in [-0.2, -0.15) is 0 Å². The van der Waals surface area contributed by atoms with E-state index in [2.05, 4.69) is 15.3 Å². The molecule has 1 atom stereocenters. The molecule has 0 spiro atoms. The quantitative estimate of drug-likeness (QED) is 0.635. The van der Waals surface area contributed by atoms with Crippen LogP contribution in [-0.2, 0) is 16.0 Å². The maximum absolute atomic E-state index is 11.2. The van der Waals surface area contributed by atoms with Crippen LogP contribution in [0.15, 0.2) is 12.5 Å². The number of imidazole rings is 1. The SMILES string of the molecule is C[C@H](NC(=O)CCc1cnc[nH]1)C(=O)O. The number of hydrogen-bond acceptors (Lipinski definition) is 3. The molecule has 1 rings (SSSR count). The van der Waals surface area contributed by atoms with Crippen LogP contribution in [0.4, 0.5) is 0 Å². The lowest BCUT2D eigenvalue weighted by Crippen LogP contribution is -2.38. The molecule has 0 aliphatic heterocycles. The largest absolute Gasteiger partial charge is 0.480 e. The van der Waals surface area contributed by atoms with Crippen molar-refractivity contribution in [1.82, 2.24) is 15.3 Å². The van der Waals surface area contributed by atoms with Crippen molar-refractivity contribution in [2.24, 2.45) is 0 Å². The van der Waals surface area contributed by atoms with E-state index in [-0.39, 0.29) is 12.3 Å². The van der Waals surface area contributed by atoms with Crippen LogP contribution < -0.4 is 5.32 Å². The summed E-state index contributed by atoms with van der Waals surface area (Å²) in [6.07, 6.45) is 3.94. The summed E-state index contributed by atoms with van der Waals surface area (Å²) in [6, 6.07) is -0.848. The lowest BCUT2D eigenvalue weighted by atomic mass is 10.2. The Hall–Kier alpha value is -1.85. The number of H-pyrrole nitrogens is 1. The summed E-state index contributed by atoms with van der Waals surface area (Å²) in [5.41, 5.74) is 0.855. The highest BCUT2D eigenvalue weighted by Gasteiger charge is 2.13. The van der Waals surface area contributed by atoms with Crippen LogP contribution in [0.25, 0.3) is 0 Å². The monoisotopic (exact) mass is 211 g/mol. The molecule has 0 saturated carbocycles. The predicted molar refractivity (Wildman–Crippen MR) is 52.1 cm³/mol. The molecule has 1 amide bonds. The zero-order valence-electron chi connectivity index (χ0n) is 8.36. The number of hydrogen-bond donors (Lipinski definition) is 3. The maximum Gasteiger partial charge on any atom is 0.325 e. The third-order valence-corrected chi connectivity index (χ3v) is 1.92. The average Bonchev–Trinajstić information content (AvgIpc) is 2.66. The fourth-order valence-corrected chi connectivity index (χ4v) is 1.04. The minimum absolute atomic E-state index is 0.250. The third kappa shape index (κ3) is 3.80. The minimum Gasteiger partial charge on any atom is -0.480 e. The lowest BCUT2D eigenvalue weighted by molar-refractivity contribution is -0.141. The number of aryl methyl sites for hydroxylation is 1. The number of aliphatic carboxylic acids is 1. The molecule has 0 saturated heterocycles. The normalized spacial score (nSPS) is 12.1. The third-order valence-electron chi connectivity index (χ3n) is 1.92. The molecular weight excluding hydrogens is 198 g/mol. The number of amides is 1. The summed E-state index contributed by atoms with van der Waals surface area (Å²) >= 11 is 0. The number of carbonyl (C=O) groups excluding carboxylic acids is 1. The molecule has 0 fully saturated rings. The smallest absolute Gasteiger partial charge is 0.325 e. The van der Waals surface area contributed by atoms with Crippen LogP contribution in [0.3, 0.4) is 0 Å². The van der Waals surface area contributed by atoms with E-state index in [9.17, 15) is 9.59 Å². The molecule has 1 aromatic heterocycles. The summed E-state index contributed by atoms with van der Waals surface area (Å²) in [4.78, 5) is 28.4. The molecular formula is C9H13N3O3. The Balaban J connectivity index is 2.28. The maximum atomic E-state index is 11.2. The lowest BCUT2D eigenvalue weighted by Gasteiger charge is -2.08. The highest BCUT2D eigenvalue weighted by Crippen LogP contribution is 1.97. The molecule has 15 heavy (non-hydrogen) atoms. The fraction of sp³-hybridized carbons (Fsp3) is 0.444. The van der Waals surface area contributed by atoms with E-state index >= 15 is 0 Å². The van der Waals surface area contributed by atoms with Gasteiger partial charge in [-0.15, -0.1) is 0 Å². The first-order valence-electron chi connectivity index (χ1n) is 4.59. The minimum atomic E-state index is -1.04. The molecule has 0 radical (unpaired) electrons. The number of nitrogens with zero attached hydrogens (tertiary/aromatic N) is 1. The van der Waals surface area contributed by atoms with Crippen molar-refractivity contribution in [2.45, 2.75) is 25.8 Å². The van der Waals surface area contributed by atoms with Crippen molar-refractivity contribution in [1.29, 1.82) is 0 Å². The van der Waals surface area contributed by atoms with Crippen LogP contribution in [0, 0.1) is 0 Å². The second kappa shape index (κ2) is 5.14. The topological polar surface area (TPSA) is 95.1 Å². The summed E-state index contributed by atoms with van der Waals surface area (Å²) in [5.74, 6) is -1.32. The van der Waals surface area contributed by atoms with Gasteiger partial charge in [-0.3, -0.25) is 9.59 Å². The van der Waals surface area contributed by atoms with E-state index in [4.69, 9.17) is 5.11 Å². The first-order chi connectivity index (χ1) is 7.09. The van der Waals surface area contributed by atoms with Crippen molar-refractivity contribution in [2.75, 3.05) is 0 Å². The van der Waals surface area contributed by atoms with Gasteiger partial charge < -0.3 is 15.4 Å². The molecule has 0 aromatic carbocycles. The second-order valence-corrected chi connectivity index (χ2v) is 3.20. The molecule has 6 nitrogen and oxygen atoms in total. The average molecular weight is 211 g/mol. The van der Waals surface area contributed by atoms with E-state index in [1.807, 2.05) is 0 Å². The van der Waals surface area contributed by atoms with Gasteiger partial charge in [0.25, 0.3) is 0 Å². The highest BCUT2D eigenvalue weighted by atomic mass is 16.4. The number of rotatable bonds is 5. The van der Waals surface area contributed by atoms with Gasteiger partial charge in [-0.25, -0.2) is 4.98 Å². The molecule has 1 aromatic rings. The Labute approximate surface area is 86.7 Å². The van der Waals surface area contributed by atoms with Gasteiger partial charge in [-0.05, 0) is 13.3 Å². The summed E-state index contributed by atoms with van der Waals surface area (Å²) in [7, 11) is 0. The number of carboxylic acid groups (broad SMARTS) is 1. The molecule has 3 N–H and O–H groups in total. The van der Waals surface area contributed by atoms with Gasteiger partial charge in [0.2, 0.25) is 5.91 Å². The van der Waals surface area contributed by atoms with Gasteiger partial charge in [0.1, 0.15) is 6.04 Å². The van der Waals surface area contributed by atoms with Gasteiger partial charge in [0.15, 0.2) is 0 Å². The van der Waals surface area contributed by atoms with Crippen molar-refractivity contribution >= 4 is 11.9 Å². The molecule has 0 aliphatic rings. The second-order valence-electron chi connectivity index (χ2n) is 3.20. The van der Waals surface area contributed by atoms with Crippen molar-refractivity contribution in [3.63, 3.8) is 0 Å². The van der Waals surface area contributed by atoms with E-state index in [0.717, 1.165) is 5.69 Å². The zero-order chi connectivity index (χ0) is 11.3. The number of aromatic amines is 1. The van der Waals surface area contributed by atoms with Crippen molar-refractivity contribution in [3.05, 3.63) is 18.2 Å². The number of carboxylic acids is 1. The van der Waals surface area contributed by atoms with E-state index in [0.29, 0.717) is 6.42 Å². The molecule has 6 heteroatoms. The summed E-state index contributed by atoms with van der Waals surface area (Å²) in [5, 5.41) is 10.9. The highest BCUT2D eigenvalue weighted by molar-refractivity contribution is 5.83.